The smallest absolute Gasteiger partial charge is 0.102 e. The summed E-state index contributed by atoms with van der Waals surface area (Å²) in [5, 5.41) is 20.7. The predicted molar refractivity (Wildman–Crippen MR) is 75.2 cm³/mol. The van der Waals surface area contributed by atoms with Crippen molar-refractivity contribution in [3.63, 3.8) is 0 Å². The zero-order valence-electron chi connectivity index (χ0n) is 10.8. The summed E-state index contributed by atoms with van der Waals surface area (Å²) in [5.74, 6) is 0. The quantitative estimate of drug-likeness (QED) is 0.852. The van der Waals surface area contributed by atoms with Crippen LogP contribution in [0.2, 0.25) is 5.02 Å². The minimum absolute atomic E-state index is 0.159. The van der Waals surface area contributed by atoms with Crippen LogP contribution in [0.15, 0.2) is 24.4 Å². The molecule has 0 unspecified atom stereocenters. The molecule has 102 valence electrons. The summed E-state index contributed by atoms with van der Waals surface area (Å²) in [5.41, 5.74) is 2.89. The molecule has 0 aliphatic heterocycles. The maximum Gasteiger partial charge on any atom is 0.102 e. The van der Waals surface area contributed by atoms with Gasteiger partial charge in [-0.25, -0.2) is 0 Å². The Labute approximate surface area is 117 Å². The van der Waals surface area contributed by atoms with Crippen molar-refractivity contribution < 1.29 is 5.11 Å². The Morgan fingerprint density at radius 2 is 2.26 bits per heavy atom. The van der Waals surface area contributed by atoms with E-state index in [1.165, 1.54) is 0 Å². The first kappa shape index (κ1) is 13.8. The summed E-state index contributed by atoms with van der Waals surface area (Å²) in [4.78, 5) is 0. The summed E-state index contributed by atoms with van der Waals surface area (Å²) in [6.07, 6.45) is 2.55. The number of nitrogens with zero attached hydrogens (tertiary/aromatic N) is 3. The molecule has 2 N–H and O–H groups in total. The van der Waals surface area contributed by atoms with Crippen LogP contribution < -0.4 is 5.32 Å². The Morgan fingerprint density at radius 1 is 1.42 bits per heavy atom. The molecule has 1 aromatic heterocycles. The van der Waals surface area contributed by atoms with Crippen molar-refractivity contribution in [3.05, 3.63) is 40.7 Å². The van der Waals surface area contributed by atoms with E-state index in [2.05, 4.69) is 15.6 Å². The number of hydrogen-bond donors (Lipinski definition) is 2. The van der Waals surface area contributed by atoms with Crippen LogP contribution in [-0.4, -0.2) is 26.7 Å². The highest BCUT2D eigenvalue weighted by Gasteiger charge is 2.03. The van der Waals surface area contributed by atoms with Gasteiger partial charge in [0.05, 0.1) is 23.5 Å². The lowest BCUT2D eigenvalue weighted by Crippen LogP contribution is -2.01. The predicted octanol–water partition coefficient (Wildman–Crippen LogP) is 2.23. The van der Waals surface area contributed by atoms with Gasteiger partial charge in [-0.2, -0.15) is 0 Å². The molecule has 0 fully saturated rings. The second-order valence-corrected chi connectivity index (χ2v) is 4.79. The van der Waals surface area contributed by atoms with Crippen LogP contribution in [0.1, 0.15) is 17.7 Å². The van der Waals surface area contributed by atoms with Gasteiger partial charge in [-0.3, -0.25) is 4.68 Å². The number of benzene rings is 1. The van der Waals surface area contributed by atoms with Gasteiger partial charge < -0.3 is 10.4 Å². The second-order valence-electron chi connectivity index (χ2n) is 4.39. The van der Waals surface area contributed by atoms with Gasteiger partial charge in [0.15, 0.2) is 0 Å². The molecule has 19 heavy (non-hydrogen) atoms. The van der Waals surface area contributed by atoms with Gasteiger partial charge in [-0.1, -0.05) is 22.9 Å². The maximum absolute atomic E-state index is 8.75. The van der Waals surface area contributed by atoms with Crippen LogP contribution in [0.5, 0.6) is 0 Å². The molecule has 2 rings (SSSR count). The molecule has 6 heteroatoms. The zero-order chi connectivity index (χ0) is 13.7. The van der Waals surface area contributed by atoms with Gasteiger partial charge in [-0.15, -0.1) is 5.10 Å². The molecule has 0 atom stereocenters. The van der Waals surface area contributed by atoms with Crippen molar-refractivity contribution >= 4 is 17.3 Å². The van der Waals surface area contributed by atoms with Crippen LogP contribution in [0.25, 0.3) is 0 Å². The molecular formula is C13H17ClN4O. The number of nitrogens with one attached hydrogen (secondary N) is 1. The molecule has 1 heterocycles. The van der Waals surface area contributed by atoms with E-state index in [0.717, 1.165) is 16.9 Å². The molecule has 0 spiro atoms. The van der Waals surface area contributed by atoms with E-state index in [1.54, 1.807) is 4.68 Å². The van der Waals surface area contributed by atoms with Gasteiger partial charge in [0.1, 0.15) is 5.69 Å². The second kappa shape index (κ2) is 6.54. The lowest BCUT2D eigenvalue weighted by Gasteiger charge is -2.07. The van der Waals surface area contributed by atoms with Gasteiger partial charge in [0.2, 0.25) is 0 Å². The number of anilines is 1. The highest BCUT2D eigenvalue weighted by atomic mass is 35.5. The van der Waals surface area contributed by atoms with Gasteiger partial charge in [0.25, 0.3) is 0 Å². The normalized spacial score (nSPS) is 10.7. The van der Waals surface area contributed by atoms with Crippen molar-refractivity contribution in [1.29, 1.82) is 0 Å². The first-order chi connectivity index (χ1) is 9.19. The Morgan fingerprint density at radius 3 is 3.05 bits per heavy atom. The van der Waals surface area contributed by atoms with Crippen LogP contribution in [0, 0.1) is 6.92 Å². The molecule has 0 aliphatic carbocycles. The van der Waals surface area contributed by atoms with E-state index in [-0.39, 0.29) is 6.61 Å². The molecule has 0 saturated heterocycles. The van der Waals surface area contributed by atoms with Crippen molar-refractivity contribution in [2.45, 2.75) is 26.4 Å². The first-order valence-corrected chi connectivity index (χ1v) is 6.57. The molecule has 0 saturated carbocycles. The number of halogens is 1. The first-order valence-electron chi connectivity index (χ1n) is 6.19. The highest BCUT2D eigenvalue weighted by Crippen LogP contribution is 2.23. The third-order valence-corrected chi connectivity index (χ3v) is 3.04. The number of aryl methyl sites for hydroxylation is 2. The standard InChI is InChI=1S/C13H17ClN4O/c1-10-3-4-12(14)13(7-10)15-8-11-9-18(17-16-11)5-2-6-19/h3-4,7,9,15,19H,2,5-6,8H2,1H3. The number of hydrogen-bond acceptors (Lipinski definition) is 4. The Balaban J connectivity index is 1.94. The highest BCUT2D eigenvalue weighted by molar-refractivity contribution is 6.33. The van der Waals surface area contributed by atoms with Crippen molar-refractivity contribution in [2.75, 3.05) is 11.9 Å². The number of aliphatic hydroxyl groups is 1. The van der Waals surface area contributed by atoms with E-state index in [4.69, 9.17) is 16.7 Å². The monoisotopic (exact) mass is 280 g/mol. The lowest BCUT2D eigenvalue weighted by molar-refractivity contribution is 0.276. The third-order valence-electron chi connectivity index (χ3n) is 2.71. The summed E-state index contributed by atoms with van der Waals surface area (Å²) < 4.78 is 1.73. The van der Waals surface area contributed by atoms with Gasteiger partial charge in [-0.05, 0) is 31.0 Å². The van der Waals surface area contributed by atoms with Crippen LogP contribution in [0.3, 0.4) is 0 Å². The van der Waals surface area contributed by atoms with E-state index in [1.807, 2.05) is 31.3 Å². The number of rotatable bonds is 6. The van der Waals surface area contributed by atoms with E-state index in [9.17, 15) is 0 Å². The van der Waals surface area contributed by atoms with Gasteiger partial charge >= 0.3 is 0 Å². The average molecular weight is 281 g/mol. The van der Waals surface area contributed by atoms with E-state index in [0.29, 0.717) is 24.5 Å². The van der Waals surface area contributed by atoms with Crippen LogP contribution in [0.4, 0.5) is 5.69 Å². The molecule has 0 amide bonds. The largest absolute Gasteiger partial charge is 0.396 e. The van der Waals surface area contributed by atoms with Crippen molar-refractivity contribution in [3.8, 4) is 0 Å². The number of aliphatic hydroxyl groups excluding tert-OH is 1. The Kier molecular flexibility index (Phi) is 4.76. The fourth-order valence-corrected chi connectivity index (χ4v) is 1.91. The number of aromatic nitrogens is 3. The van der Waals surface area contributed by atoms with E-state index >= 15 is 0 Å². The molecule has 1 aromatic carbocycles. The van der Waals surface area contributed by atoms with E-state index < -0.39 is 0 Å². The molecule has 5 nitrogen and oxygen atoms in total. The Bertz CT molecular complexity index is 541. The third kappa shape index (κ3) is 3.94. The van der Waals surface area contributed by atoms with Crippen LogP contribution >= 0.6 is 11.6 Å². The molecular weight excluding hydrogens is 264 g/mol. The fourth-order valence-electron chi connectivity index (χ4n) is 1.72. The minimum atomic E-state index is 0.159. The summed E-state index contributed by atoms with van der Waals surface area (Å²) in [6.45, 7) is 3.43. The SMILES string of the molecule is Cc1ccc(Cl)c(NCc2cn(CCCO)nn2)c1. The maximum atomic E-state index is 8.75. The van der Waals surface area contributed by atoms with Crippen molar-refractivity contribution in [2.24, 2.45) is 0 Å². The van der Waals surface area contributed by atoms with Crippen molar-refractivity contribution in [1.82, 2.24) is 15.0 Å². The zero-order valence-corrected chi connectivity index (χ0v) is 11.6. The molecule has 0 aliphatic rings. The summed E-state index contributed by atoms with van der Waals surface area (Å²) >= 11 is 6.10. The fraction of sp³-hybridized carbons (Fsp3) is 0.385. The molecule has 2 aromatic rings. The topological polar surface area (TPSA) is 63.0 Å². The molecule has 0 bridgehead atoms. The lowest BCUT2D eigenvalue weighted by atomic mass is 10.2. The Hall–Kier alpha value is -1.59. The van der Waals surface area contributed by atoms with Crippen LogP contribution in [-0.2, 0) is 13.1 Å². The summed E-state index contributed by atoms with van der Waals surface area (Å²) in [6, 6.07) is 5.84. The minimum Gasteiger partial charge on any atom is -0.396 e. The average Bonchev–Trinajstić information content (AvgIpc) is 2.85. The summed E-state index contributed by atoms with van der Waals surface area (Å²) in [7, 11) is 0. The van der Waals surface area contributed by atoms with Gasteiger partial charge in [0, 0.05) is 13.2 Å². The molecule has 0 radical (unpaired) electrons.